The molecule has 40 heavy (non-hydrogen) atoms. The Morgan fingerprint density at radius 1 is 0.675 bits per heavy atom. The van der Waals surface area contributed by atoms with E-state index in [1.54, 1.807) is 16.9 Å². The van der Waals surface area contributed by atoms with E-state index in [1.807, 2.05) is 42.5 Å². The Hall–Kier alpha value is -3.08. The van der Waals surface area contributed by atoms with Gasteiger partial charge in [0.25, 0.3) is 5.91 Å². The van der Waals surface area contributed by atoms with Crippen molar-refractivity contribution in [2.24, 2.45) is 0 Å². The molecule has 1 N–H and O–H groups in total. The SMILES string of the molecule is CCCCCCCCCCCCCCCCCCNC(=O)c1ccn(COc2ccc(-c3ccccc3)cc2)n1. The average Bonchev–Trinajstić information content (AvgIpc) is 3.48. The van der Waals surface area contributed by atoms with Crippen molar-refractivity contribution in [3.63, 3.8) is 0 Å². The number of benzene rings is 2. The topological polar surface area (TPSA) is 56.2 Å². The van der Waals surface area contributed by atoms with E-state index in [0.717, 1.165) is 17.7 Å². The molecule has 1 aromatic heterocycles. The molecule has 218 valence electrons. The van der Waals surface area contributed by atoms with Gasteiger partial charge >= 0.3 is 0 Å². The Labute approximate surface area is 242 Å². The summed E-state index contributed by atoms with van der Waals surface area (Å²) in [4.78, 5) is 12.4. The third kappa shape index (κ3) is 12.8. The first-order valence-electron chi connectivity index (χ1n) is 15.9. The van der Waals surface area contributed by atoms with Crippen LogP contribution in [-0.4, -0.2) is 22.2 Å². The highest BCUT2D eigenvalue weighted by molar-refractivity contribution is 5.92. The summed E-state index contributed by atoms with van der Waals surface area (Å²) in [6, 6.07) is 20.0. The van der Waals surface area contributed by atoms with Crippen molar-refractivity contribution in [2.45, 2.75) is 116 Å². The van der Waals surface area contributed by atoms with E-state index in [9.17, 15) is 4.79 Å². The molecule has 0 aliphatic carbocycles. The van der Waals surface area contributed by atoms with Gasteiger partial charge in [-0.2, -0.15) is 5.10 Å². The van der Waals surface area contributed by atoms with Crippen molar-refractivity contribution >= 4 is 5.91 Å². The molecule has 0 spiro atoms. The van der Waals surface area contributed by atoms with E-state index in [-0.39, 0.29) is 12.6 Å². The molecule has 5 nitrogen and oxygen atoms in total. The van der Waals surface area contributed by atoms with Crippen molar-refractivity contribution in [1.29, 1.82) is 0 Å². The second-order valence-electron chi connectivity index (χ2n) is 11.0. The number of amides is 1. The zero-order valence-electron chi connectivity index (χ0n) is 24.8. The van der Waals surface area contributed by atoms with Gasteiger partial charge in [0.15, 0.2) is 6.73 Å². The molecule has 0 bridgehead atoms. The van der Waals surface area contributed by atoms with Crippen LogP contribution >= 0.6 is 0 Å². The largest absolute Gasteiger partial charge is 0.471 e. The number of nitrogens with zero attached hydrogens (tertiary/aromatic N) is 2. The van der Waals surface area contributed by atoms with Crippen molar-refractivity contribution in [3.8, 4) is 16.9 Å². The second kappa shape index (κ2) is 19.9. The highest BCUT2D eigenvalue weighted by atomic mass is 16.5. The predicted molar refractivity (Wildman–Crippen MR) is 167 cm³/mol. The standard InChI is InChI=1S/C35H51N3O2/c1-2-3-4-5-6-7-8-9-10-11-12-13-14-15-16-20-28-36-35(39)34-27-29-38(37-34)30-40-33-25-23-32(24-26-33)31-21-18-17-19-22-31/h17-19,21-27,29H,2-16,20,28,30H2,1H3,(H,36,39). The smallest absolute Gasteiger partial charge is 0.271 e. The summed E-state index contributed by atoms with van der Waals surface area (Å²) in [6.45, 7) is 3.25. The molecule has 0 radical (unpaired) electrons. The number of nitrogens with one attached hydrogen (secondary N) is 1. The summed E-state index contributed by atoms with van der Waals surface area (Å²) in [5, 5.41) is 7.37. The lowest BCUT2D eigenvalue weighted by Gasteiger charge is -2.08. The highest BCUT2D eigenvalue weighted by Gasteiger charge is 2.09. The lowest BCUT2D eigenvalue weighted by molar-refractivity contribution is 0.0946. The number of carbonyl (C=O) groups excluding carboxylic acids is 1. The number of rotatable bonds is 22. The number of unbranched alkanes of at least 4 members (excludes halogenated alkanes) is 15. The van der Waals surface area contributed by atoms with Gasteiger partial charge in [-0.15, -0.1) is 0 Å². The second-order valence-corrected chi connectivity index (χ2v) is 11.0. The van der Waals surface area contributed by atoms with E-state index in [2.05, 4.69) is 29.5 Å². The van der Waals surface area contributed by atoms with Gasteiger partial charge in [-0.3, -0.25) is 4.79 Å². The Balaban J connectivity index is 1.15. The first-order valence-corrected chi connectivity index (χ1v) is 15.9. The van der Waals surface area contributed by atoms with Crippen LogP contribution in [0, 0.1) is 0 Å². The zero-order valence-corrected chi connectivity index (χ0v) is 24.8. The number of ether oxygens (including phenoxy) is 1. The Kier molecular flexibility index (Phi) is 15.6. The lowest BCUT2D eigenvalue weighted by Crippen LogP contribution is -2.25. The van der Waals surface area contributed by atoms with Crippen LogP contribution in [0.25, 0.3) is 11.1 Å². The fourth-order valence-corrected chi connectivity index (χ4v) is 5.04. The lowest BCUT2D eigenvalue weighted by atomic mass is 10.0. The summed E-state index contributed by atoms with van der Waals surface area (Å²) < 4.78 is 7.49. The summed E-state index contributed by atoms with van der Waals surface area (Å²) in [7, 11) is 0. The van der Waals surface area contributed by atoms with Gasteiger partial charge in [0, 0.05) is 12.7 Å². The first-order chi connectivity index (χ1) is 19.8. The summed E-state index contributed by atoms with van der Waals surface area (Å²) in [5.74, 6) is 0.650. The minimum Gasteiger partial charge on any atom is -0.471 e. The quantitative estimate of drug-likeness (QED) is 0.128. The molecule has 0 unspecified atom stereocenters. The molecular weight excluding hydrogens is 494 g/mol. The van der Waals surface area contributed by atoms with Crippen LogP contribution in [0.5, 0.6) is 5.75 Å². The molecule has 0 aliphatic rings. The van der Waals surface area contributed by atoms with Gasteiger partial charge in [-0.1, -0.05) is 146 Å². The molecule has 1 heterocycles. The van der Waals surface area contributed by atoms with E-state index in [1.165, 1.54) is 102 Å². The minimum atomic E-state index is -0.119. The molecule has 5 heteroatoms. The highest BCUT2D eigenvalue weighted by Crippen LogP contribution is 2.22. The van der Waals surface area contributed by atoms with Crippen LogP contribution in [0.4, 0.5) is 0 Å². The molecule has 3 rings (SSSR count). The van der Waals surface area contributed by atoms with Crippen LogP contribution in [0.3, 0.4) is 0 Å². The summed E-state index contributed by atoms with van der Waals surface area (Å²) in [6.07, 6.45) is 23.4. The van der Waals surface area contributed by atoms with Crippen LogP contribution < -0.4 is 10.1 Å². The van der Waals surface area contributed by atoms with Crippen molar-refractivity contribution in [3.05, 3.63) is 72.6 Å². The molecule has 3 aromatic rings. The van der Waals surface area contributed by atoms with E-state index in [0.29, 0.717) is 12.2 Å². The van der Waals surface area contributed by atoms with Crippen LogP contribution in [0.1, 0.15) is 120 Å². The monoisotopic (exact) mass is 545 g/mol. The van der Waals surface area contributed by atoms with Gasteiger partial charge < -0.3 is 10.1 Å². The van der Waals surface area contributed by atoms with E-state index >= 15 is 0 Å². The van der Waals surface area contributed by atoms with Gasteiger partial charge in [-0.25, -0.2) is 4.68 Å². The van der Waals surface area contributed by atoms with Crippen molar-refractivity contribution in [2.75, 3.05) is 6.54 Å². The average molecular weight is 546 g/mol. The van der Waals surface area contributed by atoms with E-state index < -0.39 is 0 Å². The third-order valence-electron chi connectivity index (χ3n) is 7.51. The van der Waals surface area contributed by atoms with Crippen LogP contribution in [-0.2, 0) is 6.73 Å². The van der Waals surface area contributed by atoms with E-state index in [4.69, 9.17) is 4.74 Å². The maximum atomic E-state index is 12.4. The predicted octanol–water partition coefficient (Wildman–Crippen LogP) is 9.58. The third-order valence-corrected chi connectivity index (χ3v) is 7.51. The normalized spacial score (nSPS) is 11.0. The number of aromatic nitrogens is 2. The van der Waals surface area contributed by atoms with Gasteiger partial charge in [0.05, 0.1) is 0 Å². The van der Waals surface area contributed by atoms with Gasteiger partial charge in [0.1, 0.15) is 11.4 Å². The molecule has 0 saturated carbocycles. The number of hydrogen-bond donors (Lipinski definition) is 1. The fourth-order valence-electron chi connectivity index (χ4n) is 5.04. The molecule has 0 atom stereocenters. The van der Waals surface area contributed by atoms with Gasteiger partial charge in [-0.05, 0) is 35.7 Å². The van der Waals surface area contributed by atoms with Crippen LogP contribution in [0.2, 0.25) is 0 Å². The summed E-state index contributed by atoms with van der Waals surface area (Å²) >= 11 is 0. The molecular formula is C35H51N3O2. The maximum Gasteiger partial charge on any atom is 0.271 e. The Morgan fingerprint density at radius 2 is 1.20 bits per heavy atom. The van der Waals surface area contributed by atoms with Crippen molar-refractivity contribution < 1.29 is 9.53 Å². The maximum absolute atomic E-state index is 12.4. The molecule has 0 aliphatic heterocycles. The molecule has 0 saturated heterocycles. The molecule has 0 fully saturated rings. The zero-order chi connectivity index (χ0) is 28.1. The Morgan fingerprint density at radius 3 is 1.77 bits per heavy atom. The fraction of sp³-hybridized carbons (Fsp3) is 0.543. The number of carbonyl (C=O) groups is 1. The summed E-state index contributed by atoms with van der Waals surface area (Å²) in [5.41, 5.74) is 2.76. The molecule has 1 amide bonds. The Bertz CT molecular complexity index is 1050. The van der Waals surface area contributed by atoms with Crippen LogP contribution in [0.15, 0.2) is 66.9 Å². The van der Waals surface area contributed by atoms with Crippen molar-refractivity contribution in [1.82, 2.24) is 15.1 Å². The molecule has 2 aromatic carbocycles. The number of hydrogen-bond acceptors (Lipinski definition) is 3. The minimum absolute atomic E-state index is 0.119. The first kappa shape index (κ1) is 31.4. The van der Waals surface area contributed by atoms with Gasteiger partial charge in [0.2, 0.25) is 0 Å².